The lowest BCUT2D eigenvalue weighted by molar-refractivity contribution is -0.0536. The molecular weight excluding hydrogens is 324 g/mol. The summed E-state index contributed by atoms with van der Waals surface area (Å²) in [6.07, 6.45) is -0.866. The molecule has 0 spiro atoms. The minimum absolute atomic E-state index is 0.0443. The van der Waals surface area contributed by atoms with Crippen molar-refractivity contribution in [3.63, 3.8) is 0 Å². The zero-order valence-electron chi connectivity index (χ0n) is 14.6. The highest BCUT2D eigenvalue weighted by molar-refractivity contribution is 6.21. The van der Waals surface area contributed by atoms with E-state index in [9.17, 15) is 19.5 Å². The molecule has 1 aromatic rings. The van der Waals surface area contributed by atoms with Crippen LogP contribution in [0.3, 0.4) is 0 Å². The van der Waals surface area contributed by atoms with Crippen LogP contribution in [0.5, 0.6) is 0 Å². The van der Waals surface area contributed by atoms with Gasteiger partial charge in [-0.2, -0.15) is 0 Å². The van der Waals surface area contributed by atoms with Crippen LogP contribution in [0, 0.1) is 0 Å². The third-order valence-electron chi connectivity index (χ3n) is 4.41. The van der Waals surface area contributed by atoms with Crippen molar-refractivity contribution in [2.24, 2.45) is 0 Å². The number of ether oxygens (including phenoxy) is 1. The summed E-state index contributed by atoms with van der Waals surface area (Å²) in [5.41, 5.74) is 0.351. The van der Waals surface area contributed by atoms with Gasteiger partial charge in [0.1, 0.15) is 0 Å². The van der Waals surface area contributed by atoms with Gasteiger partial charge in [-0.3, -0.25) is 14.5 Å². The van der Waals surface area contributed by atoms with Gasteiger partial charge in [-0.1, -0.05) is 12.1 Å². The van der Waals surface area contributed by atoms with E-state index >= 15 is 0 Å². The molecule has 25 heavy (non-hydrogen) atoms. The number of amides is 3. The van der Waals surface area contributed by atoms with Crippen molar-refractivity contribution in [3.8, 4) is 0 Å². The van der Waals surface area contributed by atoms with Gasteiger partial charge in [-0.05, 0) is 39.3 Å². The van der Waals surface area contributed by atoms with Gasteiger partial charge < -0.3 is 14.7 Å². The van der Waals surface area contributed by atoms with E-state index in [2.05, 4.69) is 0 Å². The first kappa shape index (κ1) is 17.4. The maximum absolute atomic E-state index is 12.5. The van der Waals surface area contributed by atoms with Crippen LogP contribution in [-0.2, 0) is 4.74 Å². The fourth-order valence-corrected chi connectivity index (χ4v) is 3.48. The molecule has 2 atom stereocenters. The Hall–Kier alpha value is -2.41. The Morgan fingerprint density at radius 3 is 2.24 bits per heavy atom. The number of carbonyl (C=O) groups excluding carboxylic acids is 2. The summed E-state index contributed by atoms with van der Waals surface area (Å²) in [6.45, 7) is 6.02. The monoisotopic (exact) mass is 346 g/mol. The smallest absolute Gasteiger partial charge is 0.407 e. The van der Waals surface area contributed by atoms with E-state index in [-0.39, 0.29) is 36.6 Å². The second-order valence-corrected chi connectivity index (χ2v) is 7.44. The first-order valence-corrected chi connectivity index (χ1v) is 8.30. The van der Waals surface area contributed by atoms with E-state index < -0.39 is 12.1 Å². The number of carbonyl (C=O) groups is 3. The SMILES string of the molecule is CC(C)(C)O[C@@H]1C[C@@H](CN2C(=O)c3ccccc3C2=O)N(C(=O)O)C1. The number of hydrogen-bond donors (Lipinski definition) is 1. The predicted molar refractivity (Wildman–Crippen MR) is 89.6 cm³/mol. The van der Waals surface area contributed by atoms with E-state index in [0.29, 0.717) is 17.5 Å². The summed E-state index contributed by atoms with van der Waals surface area (Å²) in [7, 11) is 0. The molecule has 0 aliphatic carbocycles. The van der Waals surface area contributed by atoms with Crippen LogP contribution in [0.15, 0.2) is 24.3 Å². The average Bonchev–Trinajstić information content (AvgIpc) is 3.01. The van der Waals surface area contributed by atoms with Gasteiger partial charge in [0.15, 0.2) is 0 Å². The second kappa shape index (κ2) is 6.15. The fraction of sp³-hybridized carbons (Fsp3) is 0.500. The first-order valence-electron chi connectivity index (χ1n) is 8.30. The molecule has 7 nitrogen and oxygen atoms in total. The molecule has 2 aliphatic heterocycles. The van der Waals surface area contributed by atoms with Crippen molar-refractivity contribution in [1.82, 2.24) is 9.80 Å². The Morgan fingerprint density at radius 2 is 1.76 bits per heavy atom. The molecular formula is C18H22N2O5. The van der Waals surface area contributed by atoms with Crippen molar-refractivity contribution in [2.75, 3.05) is 13.1 Å². The number of carboxylic acid groups (broad SMARTS) is 1. The lowest BCUT2D eigenvalue weighted by Gasteiger charge is -2.25. The zero-order chi connectivity index (χ0) is 18.4. The van der Waals surface area contributed by atoms with Crippen molar-refractivity contribution in [3.05, 3.63) is 35.4 Å². The second-order valence-electron chi connectivity index (χ2n) is 7.44. The number of fused-ring (bicyclic) bond motifs is 1. The van der Waals surface area contributed by atoms with Gasteiger partial charge in [0.05, 0.1) is 42.0 Å². The highest BCUT2D eigenvalue weighted by Gasteiger charge is 2.43. The number of nitrogens with zero attached hydrogens (tertiary/aromatic N) is 2. The number of likely N-dealkylation sites (tertiary alicyclic amines) is 1. The Labute approximate surface area is 146 Å². The molecule has 0 unspecified atom stereocenters. The highest BCUT2D eigenvalue weighted by Crippen LogP contribution is 2.28. The molecule has 0 radical (unpaired) electrons. The van der Waals surface area contributed by atoms with Crippen LogP contribution in [0.25, 0.3) is 0 Å². The summed E-state index contributed by atoms with van der Waals surface area (Å²) in [6, 6.07) is 6.18. The van der Waals surface area contributed by atoms with Gasteiger partial charge in [0.2, 0.25) is 0 Å². The molecule has 7 heteroatoms. The lowest BCUT2D eigenvalue weighted by Crippen LogP contribution is -2.44. The minimum atomic E-state index is -1.07. The summed E-state index contributed by atoms with van der Waals surface area (Å²) in [5.74, 6) is -0.739. The normalized spacial score (nSPS) is 23.3. The van der Waals surface area contributed by atoms with Gasteiger partial charge in [0, 0.05) is 0 Å². The standard InChI is InChI=1S/C18H22N2O5/c1-18(2,3)25-12-8-11(19(10-12)17(23)24)9-20-15(21)13-6-4-5-7-14(13)16(20)22/h4-7,11-12H,8-10H2,1-3H3,(H,23,24)/t11-,12+/m0/s1. The summed E-state index contributed by atoms with van der Waals surface area (Å²) in [4.78, 5) is 38.9. The summed E-state index contributed by atoms with van der Waals surface area (Å²) in [5, 5.41) is 9.46. The summed E-state index contributed by atoms with van der Waals surface area (Å²) < 4.78 is 5.90. The maximum Gasteiger partial charge on any atom is 0.407 e. The van der Waals surface area contributed by atoms with Crippen LogP contribution in [-0.4, -0.2) is 63.7 Å². The lowest BCUT2D eigenvalue weighted by atomic mass is 10.1. The number of rotatable bonds is 3. The van der Waals surface area contributed by atoms with Crippen LogP contribution < -0.4 is 0 Å². The average molecular weight is 346 g/mol. The Balaban J connectivity index is 1.76. The first-order chi connectivity index (χ1) is 11.7. The number of hydrogen-bond acceptors (Lipinski definition) is 4. The fourth-order valence-electron chi connectivity index (χ4n) is 3.48. The predicted octanol–water partition coefficient (Wildman–Crippen LogP) is 2.22. The number of benzene rings is 1. The molecule has 1 fully saturated rings. The molecule has 2 heterocycles. The molecule has 1 N–H and O–H groups in total. The molecule has 0 bridgehead atoms. The van der Waals surface area contributed by atoms with Gasteiger partial charge in [-0.15, -0.1) is 0 Å². The van der Waals surface area contributed by atoms with Crippen molar-refractivity contribution < 1.29 is 24.2 Å². The molecule has 2 aliphatic rings. The van der Waals surface area contributed by atoms with E-state index in [1.807, 2.05) is 20.8 Å². The van der Waals surface area contributed by atoms with Crippen molar-refractivity contribution in [1.29, 1.82) is 0 Å². The molecule has 0 saturated carbocycles. The van der Waals surface area contributed by atoms with Crippen LogP contribution >= 0.6 is 0 Å². The van der Waals surface area contributed by atoms with Gasteiger partial charge in [0.25, 0.3) is 11.8 Å². The third-order valence-corrected chi connectivity index (χ3v) is 4.41. The van der Waals surface area contributed by atoms with E-state index in [0.717, 1.165) is 4.90 Å². The molecule has 3 rings (SSSR count). The number of imide groups is 1. The summed E-state index contributed by atoms with van der Waals surface area (Å²) >= 11 is 0. The molecule has 3 amide bonds. The minimum Gasteiger partial charge on any atom is -0.465 e. The largest absolute Gasteiger partial charge is 0.465 e. The van der Waals surface area contributed by atoms with Crippen LogP contribution in [0.4, 0.5) is 4.79 Å². The van der Waals surface area contributed by atoms with E-state index in [1.54, 1.807) is 24.3 Å². The third kappa shape index (κ3) is 3.37. The van der Waals surface area contributed by atoms with Crippen LogP contribution in [0.1, 0.15) is 47.9 Å². The highest BCUT2D eigenvalue weighted by atomic mass is 16.5. The van der Waals surface area contributed by atoms with Gasteiger partial charge in [-0.25, -0.2) is 4.79 Å². The Kier molecular flexibility index (Phi) is 4.28. The molecule has 0 aromatic heterocycles. The topological polar surface area (TPSA) is 87.2 Å². The molecule has 1 saturated heterocycles. The van der Waals surface area contributed by atoms with E-state index in [1.165, 1.54) is 4.90 Å². The quantitative estimate of drug-likeness (QED) is 0.848. The van der Waals surface area contributed by atoms with E-state index in [4.69, 9.17) is 4.74 Å². The maximum atomic E-state index is 12.5. The van der Waals surface area contributed by atoms with Crippen LogP contribution in [0.2, 0.25) is 0 Å². The zero-order valence-corrected chi connectivity index (χ0v) is 14.6. The van der Waals surface area contributed by atoms with Crippen molar-refractivity contribution in [2.45, 2.75) is 44.9 Å². The Morgan fingerprint density at radius 1 is 1.20 bits per heavy atom. The molecule has 1 aromatic carbocycles. The van der Waals surface area contributed by atoms with Gasteiger partial charge >= 0.3 is 6.09 Å². The van der Waals surface area contributed by atoms with Crippen molar-refractivity contribution >= 4 is 17.9 Å². The Bertz CT molecular complexity index is 689. The molecule has 134 valence electrons.